The smallest absolute Gasteiger partial charge is 0.337 e. The molecule has 0 aromatic heterocycles. The van der Waals surface area contributed by atoms with Crippen LogP contribution in [-0.4, -0.2) is 30.8 Å². The lowest BCUT2D eigenvalue weighted by atomic mass is 10.1. The third-order valence-electron chi connectivity index (χ3n) is 3.53. The van der Waals surface area contributed by atoms with Crippen molar-refractivity contribution in [2.75, 3.05) is 18.6 Å². The molecule has 1 aromatic rings. The van der Waals surface area contributed by atoms with E-state index in [0.717, 1.165) is 18.7 Å². The molecular formula is C14H19NO3. The number of hydrogen-bond acceptors (Lipinski definition) is 3. The van der Waals surface area contributed by atoms with Crippen LogP contribution in [0.3, 0.4) is 0 Å². The molecular weight excluding hydrogens is 230 g/mol. The zero-order valence-corrected chi connectivity index (χ0v) is 11.0. The zero-order chi connectivity index (χ0) is 13.3. The van der Waals surface area contributed by atoms with E-state index >= 15 is 0 Å². The Balaban J connectivity index is 2.43. The molecule has 4 heteroatoms. The number of aromatic carboxylic acids is 1. The summed E-state index contributed by atoms with van der Waals surface area (Å²) in [5.74, 6) is 0.397. The van der Waals surface area contributed by atoms with Crippen molar-refractivity contribution in [2.45, 2.75) is 26.3 Å². The fraction of sp³-hybridized carbons (Fsp3) is 0.500. The molecule has 0 spiro atoms. The van der Waals surface area contributed by atoms with Crippen molar-refractivity contribution in [3.63, 3.8) is 0 Å². The van der Waals surface area contributed by atoms with Crippen LogP contribution in [0.1, 0.15) is 30.6 Å². The Labute approximate surface area is 107 Å². The summed E-state index contributed by atoms with van der Waals surface area (Å²) < 4.78 is 5.19. The Kier molecular flexibility index (Phi) is 3.45. The first-order valence-corrected chi connectivity index (χ1v) is 6.21. The van der Waals surface area contributed by atoms with Gasteiger partial charge in [0.15, 0.2) is 0 Å². The van der Waals surface area contributed by atoms with Gasteiger partial charge in [0.1, 0.15) is 5.75 Å². The summed E-state index contributed by atoms with van der Waals surface area (Å²) in [6.45, 7) is 5.22. The number of hydrogen-bond donors (Lipinski definition) is 1. The highest BCUT2D eigenvalue weighted by molar-refractivity contribution is 5.95. The van der Waals surface area contributed by atoms with Gasteiger partial charge in [-0.15, -0.1) is 0 Å². The summed E-state index contributed by atoms with van der Waals surface area (Å²) in [7, 11) is 1.59. The Morgan fingerprint density at radius 2 is 2.17 bits per heavy atom. The maximum atomic E-state index is 11.3. The fourth-order valence-electron chi connectivity index (χ4n) is 2.69. The SMILES string of the molecule is COc1ccc(C(=O)O)c(N2CC(C)CC2C)c1. The van der Waals surface area contributed by atoms with Crippen molar-refractivity contribution in [1.29, 1.82) is 0 Å². The van der Waals surface area contributed by atoms with Gasteiger partial charge in [-0.3, -0.25) is 0 Å². The molecule has 2 atom stereocenters. The van der Waals surface area contributed by atoms with Gasteiger partial charge in [0.2, 0.25) is 0 Å². The van der Waals surface area contributed by atoms with E-state index in [9.17, 15) is 9.90 Å². The number of methoxy groups -OCH3 is 1. The summed E-state index contributed by atoms with van der Waals surface area (Å²) in [5.41, 5.74) is 1.11. The van der Waals surface area contributed by atoms with Gasteiger partial charge in [-0.2, -0.15) is 0 Å². The molecule has 0 bridgehead atoms. The molecule has 1 fully saturated rings. The average Bonchev–Trinajstić information content (AvgIpc) is 2.67. The highest BCUT2D eigenvalue weighted by atomic mass is 16.5. The molecule has 1 aliphatic rings. The fourth-order valence-corrected chi connectivity index (χ4v) is 2.69. The molecule has 0 radical (unpaired) electrons. The summed E-state index contributed by atoms with van der Waals surface area (Å²) in [4.78, 5) is 13.5. The normalized spacial score (nSPS) is 23.2. The molecule has 1 saturated heterocycles. The van der Waals surface area contributed by atoms with Crippen molar-refractivity contribution in [3.8, 4) is 5.75 Å². The lowest BCUT2D eigenvalue weighted by Gasteiger charge is -2.26. The predicted molar refractivity (Wildman–Crippen MR) is 70.5 cm³/mol. The van der Waals surface area contributed by atoms with Gasteiger partial charge in [-0.1, -0.05) is 6.92 Å². The van der Waals surface area contributed by atoms with Gasteiger partial charge in [0.05, 0.1) is 18.4 Å². The minimum absolute atomic E-state index is 0.344. The molecule has 0 saturated carbocycles. The van der Waals surface area contributed by atoms with Crippen molar-refractivity contribution in [2.24, 2.45) is 5.92 Å². The maximum Gasteiger partial charge on any atom is 0.337 e. The largest absolute Gasteiger partial charge is 0.497 e. The molecule has 2 rings (SSSR count). The van der Waals surface area contributed by atoms with Crippen molar-refractivity contribution in [3.05, 3.63) is 23.8 Å². The van der Waals surface area contributed by atoms with Crippen LogP contribution in [0.15, 0.2) is 18.2 Å². The zero-order valence-electron chi connectivity index (χ0n) is 11.0. The third kappa shape index (κ3) is 2.28. The quantitative estimate of drug-likeness (QED) is 0.894. The summed E-state index contributed by atoms with van der Waals surface area (Å²) in [6, 6.07) is 5.49. The van der Waals surface area contributed by atoms with Crippen LogP contribution in [-0.2, 0) is 0 Å². The molecule has 1 aromatic carbocycles. The molecule has 98 valence electrons. The second-order valence-corrected chi connectivity index (χ2v) is 5.03. The first-order valence-electron chi connectivity index (χ1n) is 6.21. The second-order valence-electron chi connectivity index (χ2n) is 5.03. The third-order valence-corrected chi connectivity index (χ3v) is 3.53. The van der Waals surface area contributed by atoms with Crippen LogP contribution in [0, 0.1) is 5.92 Å². The number of ether oxygens (including phenoxy) is 1. The molecule has 1 aliphatic heterocycles. The number of anilines is 1. The molecule has 0 aliphatic carbocycles. The number of nitrogens with zero attached hydrogens (tertiary/aromatic N) is 1. The standard InChI is InChI=1S/C14H19NO3/c1-9-6-10(2)15(8-9)13-7-11(18-3)4-5-12(13)14(16)17/h4-5,7,9-10H,6,8H2,1-3H3,(H,16,17). The first kappa shape index (κ1) is 12.7. The minimum atomic E-state index is -0.889. The maximum absolute atomic E-state index is 11.3. The van der Waals surface area contributed by atoms with Gasteiger partial charge in [0.25, 0.3) is 0 Å². The van der Waals surface area contributed by atoms with E-state index in [1.54, 1.807) is 19.2 Å². The highest BCUT2D eigenvalue weighted by Gasteiger charge is 2.29. The van der Waals surface area contributed by atoms with E-state index in [1.165, 1.54) is 0 Å². The number of carboxylic acids is 1. The number of carbonyl (C=O) groups is 1. The molecule has 0 amide bonds. The van der Waals surface area contributed by atoms with E-state index < -0.39 is 5.97 Å². The first-order chi connectivity index (χ1) is 8.52. The van der Waals surface area contributed by atoms with Crippen molar-refractivity contribution in [1.82, 2.24) is 0 Å². The van der Waals surface area contributed by atoms with E-state index in [-0.39, 0.29) is 0 Å². The number of carboxylic acid groups (broad SMARTS) is 1. The van der Waals surface area contributed by atoms with Gasteiger partial charge in [-0.25, -0.2) is 4.79 Å². The van der Waals surface area contributed by atoms with E-state index in [0.29, 0.717) is 23.3 Å². The predicted octanol–water partition coefficient (Wildman–Crippen LogP) is 2.63. The Hall–Kier alpha value is -1.71. The molecule has 4 nitrogen and oxygen atoms in total. The Morgan fingerprint density at radius 3 is 2.67 bits per heavy atom. The van der Waals surface area contributed by atoms with Crippen LogP contribution in [0.4, 0.5) is 5.69 Å². The highest BCUT2D eigenvalue weighted by Crippen LogP contribution is 2.33. The van der Waals surface area contributed by atoms with Gasteiger partial charge in [0, 0.05) is 18.7 Å². The van der Waals surface area contributed by atoms with Crippen molar-refractivity contribution >= 4 is 11.7 Å². The van der Waals surface area contributed by atoms with E-state index in [2.05, 4.69) is 18.7 Å². The summed E-state index contributed by atoms with van der Waals surface area (Å²) in [6.07, 6.45) is 1.09. The van der Waals surface area contributed by atoms with Gasteiger partial charge in [-0.05, 0) is 31.4 Å². The second kappa shape index (κ2) is 4.88. The molecule has 2 unspecified atom stereocenters. The molecule has 1 heterocycles. The Bertz CT molecular complexity index is 458. The van der Waals surface area contributed by atoms with E-state index in [4.69, 9.17) is 4.74 Å². The monoisotopic (exact) mass is 249 g/mol. The molecule has 1 N–H and O–H groups in total. The van der Waals surface area contributed by atoms with Crippen LogP contribution in [0.2, 0.25) is 0 Å². The van der Waals surface area contributed by atoms with Crippen molar-refractivity contribution < 1.29 is 14.6 Å². The number of rotatable bonds is 3. The van der Waals surface area contributed by atoms with E-state index in [1.807, 2.05) is 6.07 Å². The van der Waals surface area contributed by atoms with Crippen LogP contribution < -0.4 is 9.64 Å². The lowest BCUT2D eigenvalue weighted by Crippen LogP contribution is -2.28. The van der Waals surface area contributed by atoms with Gasteiger partial charge < -0.3 is 14.7 Å². The van der Waals surface area contributed by atoms with Gasteiger partial charge >= 0.3 is 5.97 Å². The van der Waals surface area contributed by atoms with Crippen LogP contribution in [0.25, 0.3) is 0 Å². The topological polar surface area (TPSA) is 49.8 Å². The average molecular weight is 249 g/mol. The number of benzene rings is 1. The minimum Gasteiger partial charge on any atom is -0.497 e. The van der Waals surface area contributed by atoms with Crippen LogP contribution >= 0.6 is 0 Å². The summed E-state index contributed by atoms with van der Waals surface area (Å²) in [5, 5.41) is 9.27. The molecule has 18 heavy (non-hydrogen) atoms. The Morgan fingerprint density at radius 1 is 1.44 bits per heavy atom. The lowest BCUT2D eigenvalue weighted by molar-refractivity contribution is 0.0697. The van der Waals surface area contributed by atoms with Crippen LogP contribution in [0.5, 0.6) is 5.75 Å². The summed E-state index contributed by atoms with van der Waals surface area (Å²) >= 11 is 0.